The highest BCUT2D eigenvalue weighted by atomic mass is 35.5. The highest BCUT2D eigenvalue weighted by molar-refractivity contribution is 6.32. The molecule has 1 aliphatic rings. The van der Waals surface area contributed by atoms with Gasteiger partial charge in [0.25, 0.3) is 0 Å². The number of carbonyl (C=O) groups is 1. The van der Waals surface area contributed by atoms with Gasteiger partial charge in [-0.2, -0.15) is 0 Å². The number of rotatable bonds is 1. The summed E-state index contributed by atoms with van der Waals surface area (Å²) in [5.41, 5.74) is 0. The van der Waals surface area contributed by atoms with Gasteiger partial charge in [0, 0.05) is 32.4 Å². The summed E-state index contributed by atoms with van der Waals surface area (Å²) < 4.78 is 0. The van der Waals surface area contributed by atoms with Gasteiger partial charge in [0.15, 0.2) is 0 Å². The molecule has 1 fully saturated rings. The Morgan fingerprint density at radius 2 is 2.18 bits per heavy atom. The van der Waals surface area contributed by atoms with E-state index < -0.39 is 6.09 Å². The fourth-order valence-corrected chi connectivity index (χ4v) is 2.17. The van der Waals surface area contributed by atoms with Crippen LogP contribution in [0.15, 0.2) is 18.3 Å². The Morgan fingerprint density at radius 3 is 2.88 bits per heavy atom. The van der Waals surface area contributed by atoms with Crippen LogP contribution in [0.2, 0.25) is 5.02 Å². The molecule has 0 aromatic carbocycles. The number of carboxylic acid groups (broad SMARTS) is 1. The van der Waals surface area contributed by atoms with Crippen molar-refractivity contribution in [2.75, 3.05) is 31.1 Å². The van der Waals surface area contributed by atoms with Crippen LogP contribution in [-0.4, -0.2) is 47.3 Å². The monoisotopic (exact) mass is 255 g/mol. The lowest BCUT2D eigenvalue weighted by Gasteiger charge is -2.22. The van der Waals surface area contributed by atoms with E-state index in [0.717, 1.165) is 18.8 Å². The van der Waals surface area contributed by atoms with E-state index >= 15 is 0 Å². The molecule has 5 nitrogen and oxygen atoms in total. The molecular formula is C11H14ClN3O2. The summed E-state index contributed by atoms with van der Waals surface area (Å²) >= 11 is 6.08. The van der Waals surface area contributed by atoms with Gasteiger partial charge < -0.3 is 14.9 Å². The third-order valence-corrected chi connectivity index (χ3v) is 3.10. The second-order valence-electron chi connectivity index (χ2n) is 3.92. The fraction of sp³-hybridized carbons (Fsp3) is 0.455. The van der Waals surface area contributed by atoms with E-state index in [-0.39, 0.29) is 0 Å². The molecule has 2 rings (SSSR count). The maximum absolute atomic E-state index is 10.9. The predicted octanol–water partition coefficient (Wildman–Crippen LogP) is 1.93. The van der Waals surface area contributed by atoms with E-state index in [4.69, 9.17) is 16.7 Å². The van der Waals surface area contributed by atoms with Crippen molar-refractivity contribution in [1.29, 1.82) is 0 Å². The van der Waals surface area contributed by atoms with Crippen molar-refractivity contribution < 1.29 is 9.90 Å². The molecule has 2 heterocycles. The summed E-state index contributed by atoms with van der Waals surface area (Å²) in [7, 11) is 0. The summed E-state index contributed by atoms with van der Waals surface area (Å²) in [4.78, 5) is 18.6. The lowest BCUT2D eigenvalue weighted by atomic mass is 10.3. The highest BCUT2D eigenvalue weighted by Crippen LogP contribution is 2.23. The van der Waals surface area contributed by atoms with Gasteiger partial charge >= 0.3 is 6.09 Å². The van der Waals surface area contributed by atoms with Gasteiger partial charge in [-0.25, -0.2) is 9.78 Å². The molecule has 0 spiro atoms. The van der Waals surface area contributed by atoms with E-state index in [2.05, 4.69) is 4.98 Å². The average molecular weight is 256 g/mol. The Balaban J connectivity index is 2.09. The van der Waals surface area contributed by atoms with Crippen molar-refractivity contribution in [2.45, 2.75) is 6.42 Å². The van der Waals surface area contributed by atoms with Crippen LogP contribution in [0.5, 0.6) is 0 Å². The van der Waals surface area contributed by atoms with Crippen molar-refractivity contribution in [1.82, 2.24) is 9.88 Å². The fourth-order valence-electron chi connectivity index (χ4n) is 1.93. The molecule has 17 heavy (non-hydrogen) atoms. The quantitative estimate of drug-likeness (QED) is 0.833. The normalized spacial score (nSPS) is 16.8. The van der Waals surface area contributed by atoms with Crippen LogP contribution in [-0.2, 0) is 0 Å². The van der Waals surface area contributed by atoms with Crippen molar-refractivity contribution in [3.05, 3.63) is 23.4 Å². The molecule has 1 aromatic heterocycles. The molecule has 1 aromatic rings. The summed E-state index contributed by atoms with van der Waals surface area (Å²) in [6.07, 6.45) is 1.62. The molecule has 6 heteroatoms. The third kappa shape index (κ3) is 2.79. The van der Waals surface area contributed by atoms with Gasteiger partial charge in [-0.15, -0.1) is 0 Å². The Kier molecular flexibility index (Phi) is 3.68. The van der Waals surface area contributed by atoms with Crippen molar-refractivity contribution in [2.24, 2.45) is 0 Å². The van der Waals surface area contributed by atoms with Crippen LogP contribution in [0, 0.1) is 0 Å². The Bertz CT molecular complexity index is 413. The van der Waals surface area contributed by atoms with Crippen molar-refractivity contribution >= 4 is 23.5 Å². The lowest BCUT2D eigenvalue weighted by molar-refractivity contribution is 0.148. The summed E-state index contributed by atoms with van der Waals surface area (Å²) in [6, 6.07) is 3.58. The van der Waals surface area contributed by atoms with E-state index in [9.17, 15) is 4.79 Å². The first-order chi connectivity index (χ1) is 8.18. The van der Waals surface area contributed by atoms with Crippen molar-refractivity contribution in [3.63, 3.8) is 0 Å². The molecule has 1 saturated heterocycles. The van der Waals surface area contributed by atoms with Crippen LogP contribution in [0.25, 0.3) is 0 Å². The molecule has 0 saturated carbocycles. The molecule has 0 bridgehead atoms. The summed E-state index contributed by atoms with van der Waals surface area (Å²) in [6.45, 7) is 2.46. The number of pyridine rings is 1. The molecule has 0 unspecified atom stereocenters. The minimum Gasteiger partial charge on any atom is -0.465 e. The van der Waals surface area contributed by atoms with E-state index in [1.165, 1.54) is 4.90 Å². The molecule has 0 aliphatic carbocycles. The Hall–Kier alpha value is -1.49. The molecular weight excluding hydrogens is 242 g/mol. The predicted molar refractivity (Wildman–Crippen MR) is 65.7 cm³/mol. The van der Waals surface area contributed by atoms with Crippen LogP contribution in [0.1, 0.15) is 6.42 Å². The van der Waals surface area contributed by atoms with Gasteiger partial charge in [-0.1, -0.05) is 11.6 Å². The zero-order chi connectivity index (χ0) is 12.3. The number of amides is 1. The highest BCUT2D eigenvalue weighted by Gasteiger charge is 2.20. The number of halogens is 1. The zero-order valence-corrected chi connectivity index (χ0v) is 10.1. The van der Waals surface area contributed by atoms with E-state index in [0.29, 0.717) is 24.7 Å². The van der Waals surface area contributed by atoms with Crippen LogP contribution in [0.4, 0.5) is 10.6 Å². The number of anilines is 1. The van der Waals surface area contributed by atoms with Gasteiger partial charge in [0.05, 0.1) is 5.02 Å². The number of aromatic nitrogens is 1. The average Bonchev–Trinajstić information content (AvgIpc) is 2.55. The first-order valence-electron chi connectivity index (χ1n) is 5.52. The standard InChI is InChI=1S/C11H14ClN3O2/c12-9-3-1-4-13-10(9)14-5-2-6-15(8-7-14)11(16)17/h1,3-4H,2,5-8H2,(H,16,17). The Morgan fingerprint density at radius 1 is 1.35 bits per heavy atom. The SMILES string of the molecule is O=C(O)N1CCCN(c2ncccc2Cl)CC1. The second-order valence-corrected chi connectivity index (χ2v) is 4.33. The molecule has 0 radical (unpaired) electrons. The second kappa shape index (κ2) is 5.23. The minimum absolute atomic E-state index is 0.488. The van der Waals surface area contributed by atoms with Gasteiger partial charge in [-0.05, 0) is 18.6 Å². The third-order valence-electron chi connectivity index (χ3n) is 2.81. The molecule has 1 N–H and O–H groups in total. The van der Waals surface area contributed by atoms with Crippen LogP contribution in [0.3, 0.4) is 0 Å². The number of nitrogens with zero attached hydrogens (tertiary/aromatic N) is 3. The maximum Gasteiger partial charge on any atom is 0.407 e. The lowest BCUT2D eigenvalue weighted by Crippen LogP contribution is -2.34. The topological polar surface area (TPSA) is 56.7 Å². The minimum atomic E-state index is -0.862. The smallest absolute Gasteiger partial charge is 0.407 e. The van der Waals surface area contributed by atoms with Gasteiger partial charge in [0.2, 0.25) is 0 Å². The Labute approximate surface area is 105 Å². The number of hydrogen-bond acceptors (Lipinski definition) is 3. The first-order valence-corrected chi connectivity index (χ1v) is 5.89. The number of hydrogen-bond donors (Lipinski definition) is 1. The largest absolute Gasteiger partial charge is 0.465 e. The first kappa shape index (κ1) is 12.0. The van der Waals surface area contributed by atoms with Gasteiger partial charge in [-0.3, -0.25) is 0 Å². The van der Waals surface area contributed by atoms with Crippen molar-refractivity contribution in [3.8, 4) is 0 Å². The van der Waals surface area contributed by atoms with E-state index in [1.54, 1.807) is 18.3 Å². The molecule has 1 amide bonds. The van der Waals surface area contributed by atoms with E-state index in [1.807, 2.05) is 4.90 Å². The summed E-state index contributed by atoms with van der Waals surface area (Å²) in [5, 5.41) is 9.55. The summed E-state index contributed by atoms with van der Waals surface area (Å²) in [5.74, 6) is 0.737. The van der Waals surface area contributed by atoms with Gasteiger partial charge in [0.1, 0.15) is 5.82 Å². The molecule has 92 valence electrons. The van der Waals surface area contributed by atoms with Crippen LogP contribution >= 0.6 is 11.6 Å². The van der Waals surface area contributed by atoms with Crippen LogP contribution < -0.4 is 4.90 Å². The molecule has 1 aliphatic heterocycles. The zero-order valence-electron chi connectivity index (χ0n) is 9.34. The molecule has 0 atom stereocenters. The maximum atomic E-state index is 10.9.